The molecule has 0 aliphatic heterocycles. The molecule has 0 unspecified atom stereocenters. The maximum absolute atomic E-state index is 7.00. The van der Waals surface area contributed by atoms with Crippen molar-refractivity contribution in [2.75, 3.05) is 0 Å². The molecule has 0 aromatic heterocycles. The molecule has 0 saturated heterocycles. The van der Waals surface area contributed by atoms with E-state index in [2.05, 4.69) is 312 Å². The molecule has 0 aliphatic carbocycles. The maximum atomic E-state index is 7.00. The molecule has 0 aliphatic rings. The summed E-state index contributed by atoms with van der Waals surface area (Å²) in [5.74, 6) is 1.60. The second kappa shape index (κ2) is 21.9. The molecule has 0 saturated carbocycles. The van der Waals surface area contributed by atoms with Crippen LogP contribution in [0.15, 0.2) is 267 Å². The minimum atomic E-state index is 0.351. The molecule has 0 radical (unpaired) electrons. The van der Waals surface area contributed by atoms with Gasteiger partial charge in [0.2, 0.25) is 0 Å². The van der Waals surface area contributed by atoms with Crippen molar-refractivity contribution < 1.29 is 9.47 Å². The van der Waals surface area contributed by atoms with Crippen LogP contribution in [0.4, 0.5) is 0 Å². The summed E-state index contributed by atoms with van der Waals surface area (Å²) in [4.78, 5) is 0. The highest BCUT2D eigenvalue weighted by atomic mass is 127. The Hall–Kier alpha value is -7.52. The zero-order valence-electron chi connectivity index (χ0n) is 39.4. The van der Waals surface area contributed by atoms with E-state index in [4.69, 9.17) is 9.47 Å². The first-order valence-electron chi connectivity index (χ1n) is 24.2. The molecule has 0 N–H and O–H groups in total. The van der Waals surface area contributed by atoms with Gasteiger partial charge in [0.15, 0.2) is 0 Å². The summed E-state index contributed by atoms with van der Waals surface area (Å²) in [6, 6.07) is 95.1. The molecule has 72 heavy (non-hydrogen) atoms. The van der Waals surface area contributed by atoms with Crippen LogP contribution in [0.2, 0.25) is 0 Å². The van der Waals surface area contributed by atoms with E-state index in [1.165, 1.54) is 22.3 Å². The molecule has 0 bridgehead atoms. The minimum absolute atomic E-state index is 0.351. The standard InChI is InChI=1S/C68H48I2O2/c69-59-44-62(72-46-56-42-58(48-27-11-2-12-28-48)66(52-35-19-6-20-36-52)68(54-39-23-8-24-40-54)64(56)50-31-15-4-16-32-50)60(70)43-61(59)71-45-55-41-57(47-25-9-1-10-26-47)65(51-33-17-5-18-34-51)67(53-37-21-7-22-38-53)63(55)49-29-13-3-14-30-49/h1-44H,45-46H2. The third kappa shape index (κ3) is 9.90. The van der Waals surface area contributed by atoms with Gasteiger partial charge in [-0.25, -0.2) is 0 Å². The van der Waals surface area contributed by atoms with E-state index in [0.717, 1.165) is 96.5 Å². The SMILES string of the molecule is Ic1cc(OCc2cc(-c3ccccc3)c(-c3ccccc3)c(-c3ccccc3)c2-c2ccccc2)c(I)cc1OCc1cc(-c2ccccc2)c(-c2ccccc2)c(-c2ccccc2)c1-c1ccccc1. The Balaban J connectivity index is 1.01. The van der Waals surface area contributed by atoms with Gasteiger partial charge in [-0.1, -0.05) is 243 Å². The van der Waals surface area contributed by atoms with Crippen molar-refractivity contribution in [1.82, 2.24) is 0 Å². The van der Waals surface area contributed by atoms with Gasteiger partial charge in [-0.15, -0.1) is 0 Å². The van der Waals surface area contributed by atoms with E-state index in [0.29, 0.717) is 13.2 Å². The average molecular weight is 1150 g/mol. The Bertz CT molecular complexity index is 3350. The van der Waals surface area contributed by atoms with Gasteiger partial charge in [-0.05, 0) is 170 Å². The first kappa shape index (κ1) is 46.8. The summed E-state index contributed by atoms with van der Waals surface area (Å²) in [6.45, 7) is 0.702. The summed E-state index contributed by atoms with van der Waals surface area (Å²) in [5, 5.41) is 0. The van der Waals surface area contributed by atoms with Crippen LogP contribution in [-0.4, -0.2) is 0 Å². The van der Waals surface area contributed by atoms with Gasteiger partial charge in [-0.3, -0.25) is 0 Å². The molecule has 11 rings (SSSR count). The van der Waals surface area contributed by atoms with Crippen LogP contribution in [0, 0.1) is 7.14 Å². The van der Waals surface area contributed by atoms with E-state index in [-0.39, 0.29) is 0 Å². The second-order valence-corrected chi connectivity index (χ2v) is 20.0. The highest BCUT2D eigenvalue weighted by molar-refractivity contribution is 14.1. The Morgan fingerprint density at radius 3 is 0.722 bits per heavy atom. The van der Waals surface area contributed by atoms with Crippen molar-refractivity contribution in [2.45, 2.75) is 13.2 Å². The van der Waals surface area contributed by atoms with Crippen LogP contribution >= 0.6 is 45.2 Å². The molecule has 4 heteroatoms. The van der Waals surface area contributed by atoms with Gasteiger partial charge in [0.25, 0.3) is 0 Å². The number of rotatable bonds is 14. The molecule has 11 aromatic carbocycles. The molecule has 0 heterocycles. The van der Waals surface area contributed by atoms with E-state index in [1.54, 1.807) is 0 Å². The Morgan fingerprint density at radius 1 is 0.236 bits per heavy atom. The topological polar surface area (TPSA) is 18.5 Å². The Labute approximate surface area is 449 Å². The van der Waals surface area contributed by atoms with E-state index in [1.807, 2.05) is 0 Å². The normalized spacial score (nSPS) is 11.0. The molecule has 11 aromatic rings. The molecular formula is C68H48I2O2. The van der Waals surface area contributed by atoms with Gasteiger partial charge in [0.1, 0.15) is 24.7 Å². The van der Waals surface area contributed by atoms with Gasteiger partial charge >= 0.3 is 0 Å². The van der Waals surface area contributed by atoms with Gasteiger partial charge in [-0.2, -0.15) is 0 Å². The third-order valence-electron chi connectivity index (χ3n) is 13.1. The van der Waals surface area contributed by atoms with Crippen LogP contribution in [-0.2, 0) is 13.2 Å². The number of hydrogen-bond donors (Lipinski definition) is 0. The smallest absolute Gasteiger partial charge is 0.134 e. The lowest BCUT2D eigenvalue weighted by molar-refractivity contribution is 0.294. The first-order chi connectivity index (χ1) is 35.6. The zero-order chi connectivity index (χ0) is 48.6. The summed E-state index contributed by atoms with van der Waals surface area (Å²) in [7, 11) is 0. The highest BCUT2D eigenvalue weighted by Gasteiger charge is 2.26. The lowest BCUT2D eigenvalue weighted by Crippen LogP contribution is -2.06. The number of hydrogen-bond acceptors (Lipinski definition) is 2. The van der Waals surface area contributed by atoms with E-state index in [9.17, 15) is 0 Å². The first-order valence-corrected chi connectivity index (χ1v) is 26.3. The predicted octanol–water partition coefficient (Wildman–Crippen LogP) is 19.4. The van der Waals surface area contributed by atoms with Crippen LogP contribution in [0.3, 0.4) is 0 Å². The third-order valence-corrected chi connectivity index (χ3v) is 14.8. The van der Waals surface area contributed by atoms with Crippen molar-refractivity contribution in [3.63, 3.8) is 0 Å². The molecule has 2 nitrogen and oxygen atoms in total. The molecule has 0 atom stereocenters. The Kier molecular flexibility index (Phi) is 14.2. The zero-order valence-corrected chi connectivity index (χ0v) is 43.7. The van der Waals surface area contributed by atoms with Crippen LogP contribution < -0.4 is 9.47 Å². The fourth-order valence-corrected chi connectivity index (χ4v) is 11.1. The predicted molar refractivity (Wildman–Crippen MR) is 317 cm³/mol. The van der Waals surface area contributed by atoms with Gasteiger partial charge in [0.05, 0.1) is 7.14 Å². The fraction of sp³-hybridized carbons (Fsp3) is 0.0294. The Morgan fingerprint density at radius 2 is 0.458 bits per heavy atom. The largest absolute Gasteiger partial charge is 0.488 e. The summed E-state index contributed by atoms with van der Waals surface area (Å²) < 4.78 is 15.9. The molecule has 0 spiro atoms. The molecular weight excluding hydrogens is 1100 g/mol. The monoisotopic (exact) mass is 1150 g/mol. The van der Waals surface area contributed by atoms with E-state index < -0.39 is 0 Å². The van der Waals surface area contributed by atoms with Gasteiger partial charge in [0, 0.05) is 0 Å². The maximum Gasteiger partial charge on any atom is 0.134 e. The molecule has 346 valence electrons. The fourth-order valence-electron chi connectivity index (χ4n) is 9.90. The summed E-state index contributed by atoms with van der Waals surface area (Å²) >= 11 is 4.82. The molecule has 0 amide bonds. The molecule has 0 fully saturated rings. The number of benzene rings is 11. The lowest BCUT2D eigenvalue weighted by atomic mass is 9.80. The van der Waals surface area contributed by atoms with Crippen molar-refractivity contribution >= 4 is 45.2 Å². The number of halogens is 2. The highest BCUT2D eigenvalue weighted by Crippen LogP contribution is 2.50. The lowest BCUT2D eigenvalue weighted by Gasteiger charge is -2.25. The van der Waals surface area contributed by atoms with E-state index >= 15 is 0 Å². The average Bonchev–Trinajstić information content (AvgIpc) is 3.46. The van der Waals surface area contributed by atoms with Crippen molar-refractivity contribution in [3.8, 4) is 101 Å². The quantitative estimate of drug-likeness (QED) is 0.101. The van der Waals surface area contributed by atoms with Crippen LogP contribution in [0.25, 0.3) is 89.0 Å². The van der Waals surface area contributed by atoms with Crippen molar-refractivity contribution in [1.29, 1.82) is 0 Å². The second-order valence-electron chi connectivity index (χ2n) is 17.6. The van der Waals surface area contributed by atoms with Crippen molar-refractivity contribution in [3.05, 3.63) is 285 Å². The van der Waals surface area contributed by atoms with Crippen LogP contribution in [0.1, 0.15) is 11.1 Å². The van der Waals surface area contributed by atoms with Crippen LogP contribution in [0.5, 0.6) is 11.5 Å². The van der Waals surface area contributed by atoms with Crippen molar-refractivity contribution in [2.24, 2.45) is 0 Å². The summed E-state index contributed by atoms with van der Waals surface area (Å²) in [6.07, 6.45) is 0. The van der Waals surface area contributed by atoms with Gasteiger partial charge < -0.3 is 9.47 Å². The number of ether oxygens (including phenoxy) is 2. The summed E-state index contributed by atoms with van der Waals surface area (Å²) in [5.41, 5.74) is 20.8. The minimum Gasteiger partial charge on any atom is -0.488 e.